The molecular weight excluding hydrogens is 349 g/mol. The molecule has 1 fully saturated rings. The fourth-order valence-corrected chi connectivity index (χ4v) is 1.49. The molecule has 1 rings (SSSR count). The molecule has 0 saturated carbocycles. The largest absolute Gasteiger partial charge is 0.476 e. The standard InChI is InChI=1S/C8H7F8NO3.K/c9-6(10,11)3-1-17(8(15,16)5(18)19)2-4(20-3)7(12,13)14;/h3-4H,1-2H2,(H,18,19);. The zero-order valence-corrected chi connectivity index (χ0v) is 13.4. The molecule has 0 aromatic rings. The topological polar surface area (TPSA) is 49.8 Å². The molecule has 119 valence electrons. The maximum absolute atomic E-state index is 13.1. The minimum absolute atomic E-state index is 0. The van der Waals surface area contributed by atoms with Gasteiger partial charge in [0, 0.05) is 64.5 Å². The Morgan fingerprint density at radius 2 is 1.29 bits per heavy atom. The second-order valence-electron chi connectivity index (χ2n) is 3.95. The number of halogens is 8. The Bertz CT molecular complexity index is 363. The molecule has 1 radical (unpaired) electrons. The van der Waals surface area contributed by atoms with E-state index in [0.29, 0.717) is 0 Å². The van der Waals surface area contributed by atoms with E-state index in [-0.39, 0.29) is 51.4 Å². The SMILES string of the molecule is O=C(O)C(F)(F)N1CC(C(F)(F)F)OC(C(F)(F)F)C1.[K]. The molecular formula is C8H7F8KNO3. The van der Waals surface area contributed by atoms with Gasteiger partial charge in [-0.05, 0) is 0 Å². The van der Waals surface area contributed by atoms with Crippen LogP contribution in [0.5, 0.6) is 0 Å². The molecule has 2 atom stereocenters. The van der Waals surface area contributed by atoms with Gasteiger partial charge in [0.05, 0.1) is 0 Å². The molecule has 21 heavy (non-hydrogen) atoms. The Morgan fingerprint density at radius 3 is 1.52 bits per heavy atom. The van der Waals surface area contributed by atoms with E-state index < -0.39 is 54.6 Å². The van der Waals surface area contributed by atoms with Crippen molar-refractivity contribution in [1.82, 2.24) is 4.90 Å². The quantitative estimate of drug-likeness (QED) is 0.463. The first-order chi connectivity index (χ1) is 8.76. The number of morpholine rings is 1. The Hall–Kier alpha value is 0.466. The first kappa shape index (κ1) is 21.5. The Balaban J connectivity index is 0.00000400. The summed E-state index contributed by atoms with van der Waals surface area (Å²) in [5, 5.41) is 8.18. The van der Waals surface area contributed by atoms with Crippen LogP contribution in [0.3, 0.4) is 0 Å². The van der Waals surface area contributed by atoms with E-state index >= 15 is 0 Å². The number of carbonyl (C=O) groups is 1. The van der Waals surface area contributed by atoms with Gasteiger partial charge in [-0.1, -0.05) is 0 Å². The Morgan fingerprint density at radius 1 is 0.952 bits per heavy atom. The molecule has 1 aliphatic heterocycles. The molecule has 1 heterocycles. The van der Waals surface area contributed by atoms with Crippen LogP contribution < -0.4 is 0 Å². The van der Waals surface area contributed by atoms with Gasteiger partial charge in [0.1, 0.15) is 0 Å². The van der Waals surface area contributed by atoms with Crippen LogP contribution in [-0.2, 0) is 9.53 Å². The van der Waals surface area contributed by atoms with E-state index in [1.807, 2.05) is 0 Å². The number of alkyl halides is 8. The van der Waals surface area contributed by atoms with E-state index in [1.54, 1.807) is 0 Å². The van der Waals surface area contributed by atoms with Crippen molar-refractivity contribution in [2.75, 3.05) is 13.1 Å². The summed E-state index contributed by atoms with van der Waals surface area (Å²) in [4.78, 5) is 9.52. The minimum Gasteiger partial charge on any atom is -0.476 e. The number of nitrogens with zero attached hydrogens (tertiary/aromatic N) is 1. The van der Waals surface area contributed by atoms with E-state index in [2.05, 4.69) is 4.74 Å². The number of carboxylic acids is 1. The number of aliphatic carboxylic acids is 1. The van der Waals surface area contributed by atoms with Crippen molar-refractivity contribution in [3.63, 3.8) is 0 Å². The van der Waals surface area contributed by atoms with Gasteiger partial charge in [-0.2, -0.15) is 35.1 Å². The van der Waals surface area contributed by atoms with Gasteiger partial charge >= 0.3 is 24.4 Å². The van der Waals surface area contributed by atoms with E-state index in [0.717, 1.165) is 0 Å². The average molecular weight is 356 g/mol. The summed E-state index contributed by atoms with van der Waals surface area (Å²) < 4.78 is 104. The molecule has 1 N–H and O–H groups in total. The van der Waals surface area contributed by atoms with Crippen LogP contribution in [0, 0.1) is 0 Å². The first-order valence-corrected chi connectivity index (χ1v) is 4.91. The van der Waals surface area contributed by atoms with Gasteiger partial charge in [0.25, 0.3) is 0 Å². The molecule has 0 aliphatic carbocycles. The number of hydrogen-bond donors (Lipinski definition) is 1. The molecule has 0 aromatic heterocycles. The zero-order chi connectivity index (χ0) is 15.9. The van der Waals surface area contributed by atoms with Crippen molar-refractivity contribution in [3.8, 4) is 0 Å². The second-order valence-corrected chi connectivity index (χ2v) is 3.95. The van der Waals surface area contributed by atoms with Gasteiger partial charge in [0.2, 0.25) is 0 Å². The molecule has 0 amide bonds. The molecule has 1 aliphatic rings. The summed E-state index contributed by atoms with van der Waals surface area (Å²) in [7, 11) is 0. The third-order valence-electron chi connectivity index (χ3n) is 2.49. The fraction of sp³-hybridized carbons (Fsp3) is 0.875. The summed E-state index contributed by atoms with van der Waals surface area (Å²) >= 11 is 0. The number of hydrogen-bond acceptors (Lipinski definition) is 3. The van der Waals surface area contributed by atoms with Crippen LogP contribution in [-0.4, -0.2) is 111 Å². The zero-order valence-electron chi connectivity index (χ0n) is 10.3. The van der Waals surface area contributed by atoms with Crippen LogP contribution in [0.2, 0.25) is 0 Å². The normalized spacial score (nSPS) is 25.3. The molecule has 1 saturated heterocycles. The Kier molecular flexibility index (Phi) is 7.08. The van der Waals surface area contributed by atoms with E-state index in [1.165, 1.54) is 0 Å². The smallest absolute Gasteiger partial charge is 0.415 e. The van der Waals surface area contributed by atoms with Crippen molar-refractivity contribution < 1.29 is 49.8 Å². The van der Waals surface area contributed by atoms with Crippen LogP contribution in [0.4, 0.5) is 35.1 Å². The second kappa shape index (κ2) is 6.92. The molecule has 0 spiro atoms. The van der Waals surface area contributed by atoms with Gasteiger partial charge < -0.3 is 9.84 Å². The van der Waals surface area contributed by atoms with Gasteiger partial charge in [-0.25, -0.2) is 9.69 Å². The molecule has 0 bridgehead atoms. The van der Waals surface area contributed by atoms with E-state index in [4.69, 9.17) is 5.11 Å². The molecule has 4 nitrogen and oxygen atoms in total. The maximum Gasteiger partial charge on any atom is 0.415 e. The van der Waals surface area contributed by atoms with Crippen molar-refractivity contribution in [2.24, 2.45) is 0 Å². The van der Waals surface area contributed by atoms with Crippen molar-refractivity contribution in [3.05, 3.63) is 0 Å². The van der Waals surface area contributed by atoms with E-state index in [9.17, 15) is 39.9 Å². The third-order valence-corrected chi connectivity index (χ3v) is 2.49. The molecule has 0 aromatic carbocycles. The van der Waals surface area contributed by atoms with Crippen molar-refractivity contribution in [2.45, 2.75) is 30.6 Å². The van der Waals surface area contributed by atoms with Gasteiger partial charge in [0.15, 0.2) is 12.2 Å². The van der Waals surface area contributed by atoms with Crippen LogP contribution in [0.25, 0.3) is 0 Å². The first-order valence-electron chi connectivity index (χ1n) is 4.91. The van der Waals surface area contributed by atoms with Crippen LogP contribution in [0.15, 0.2) is 0 Å². The third kappa shape index (κ3) is 5.25. The monoisotopic (exact) mass is 356 g/mol. The van der Waals surface area contributed by atoms with Crippen LogP contribution >= 0.6 is 0 Å². The molecule has 13 heteroatoms. The number of ether oxygens (including phenoxy) is 1. The van der Waals surface area contributed by atoms with Gasteiger partial charge in [-0.3, -0.25) is 0 Å². The van der Waals surface area contributed by atoms with Crippen LogP contribution in [0.1, 0.15) is 0 Å². The summed E-state index contributed by atoms with van der Waals surface area (Å²) in [6.07, 6.45) is -17.0. The summed E-state index contributed by atoms with van der Waals surface area (Å²) in [5.74, 6) is -2.85. The number of carboxylic acid groups (broad SMARTS) is 1. The van der Waals surface area contributed by atoms with Crippen molar-refractivity contribution in [1.29, 1.82) is 0 Å². The number of rotatable bonds is 2. The van der Waals surface area contributed by atoms with Crippen molar-refractivity contribution >= 4 is 57.4 Å². The van der Waals surface area contributed by atoms with Gasteiger partial charge in [-0.15, -0.1) is 0 Å². The maximum atomic E-state index is 13.1. The predicted octanol–water partition coefficient (Wildman–Crippen LogP) is 1.48. The summed E-state index contributed by atoms with van der Waals surface area (Å²) in [5.41, 5.74) is 0. The minimum atomic E-state index is -5.34. The summed E-state index contributed by atoms with van der Waals surface area (Å²) in [6, 6.07) is -4.86. The predicted molar refractivity (Wildman–Crippen MR) is 50.7 cm³/mol. The summed E-state index contributed by atoms with van der Waals surface area (Å²) in [6.45, 7) is -3.43. The average Bonchev–Trinajstić information content (AvgIpc) is 2.25. The Labute approximate surface area is 154 Å². The fourth-order valence-electron chi connectivity index (χ4n) is 1.49. The molecule has 2 unspecified atom stereocenters.